The molecule has 0 aliphatic rings. The van der Waals surface area contributed by atoms with Crippen molar-refractivity contribution in [2.75, 3.05) is 6.61 Å². The lowest BCUT2D eigenvalue weighted by Gasteiger charge is -2.13. The van der Waals surface area contributed by atoms with Gasteiger partial charge >= 0.3 is 0 Å². The summed E-state index contributed by atoms with van der Waals surface area (Å²) in [5.41, 5.74) is 1.75. The Morgan fingerprint density at radius 2 is 2.06 bits per heavy atom. The first-order valence-corrected chi connectivity index (χ1v) is 6.11. The summed E-state index contributed by atoms with van der Waals surface area (Å²) in [6.45, 7) is 7.42. The Balaban J connectivity index is 2.60. The van der Waals surface area contributed by atoms with Crippen LogP contribution in [0.4, 0.5) is 0 Å². The molecule has 0 aliphatic heterocycles. The third kappa shape index (κ3) is 4.37. The predicted molar refractivity (Wildman–Crippen MR) is 70.6 cm³/mol. The number of aliphatic hydroxyl groups excluding tert-OH is 1. The van der Waals surface area contributed by atoms with Crippen LogP contribution >= 0.6 is 0 Å². The molecule has 0 spiro atoms. The molecule has 18 heavy (non-hydrogen) atoms. The van der Waals surface area contributed by atoms with Crippen molar-refractivity contribution >= 4 is 5.91 Å². The Morgan fingerprint density at radius 3 is 2.56 bits per heavy atom. The van der Waals surface area contributed by atoms with Crippen molar-refractivity contribution in [2.24, 2.45) is 0 Å². The highest BCUT2D eigenvalue weighted by Gasteiger charge is 2.08. The van der Waals surface area contributed by atoms with Crippen molar-refractivity contribution in [3.05, 3.63) is 29.3 Å². The number of nitrogens with one attached hydrogen (secondary N) is 1. The quantitative estimate of drug-likeness (QED) is 0.841. The Morgan fingerprint density at radius 1 is 1.39 bits per heavy atom. The second kappa shape index (κ2) is 6.40. The average molecular weight is 251 g/mol. The van der Waals surface area contributed by atoms with E-state index in [1.807, 2.05) is 26.8 Å². The van der Waals surface area contributed by atoms with Gasteiger partial charge in [-0.05, 0) is 51.0 Å². The van der Waals surface area contributed by atoms with Crippen LogP contribution in [-0.2, 0) is 4.79 Å². The van der Waals surface area contributed by atoms with E-state index in [0.717, 1.165) is 11.1 Å². The standard InChI is InChI=1S/C14H21NO3/c1-9(2)15-14(17)8-18-13-6-5-12(11(4)16)7-10(13)3/h5-7,9,11,16H,8H2,1-4H3,(H,15,17)/t11-/m0/s1. The van der Waals surface area contributed by atoms with Gasteiger partial charge in [0.1, 0.15) is 5.75 Å². The number of carbonyl (C=O) groups is 1. The lowest BCUT2D eigenvalue weighted by Crippen LogP contribution is -2.34. The second-order valence-corrected chi connectivity index (χ2v) is 4.71. The van der Waals surface area contributed by atoms with Crippen molar-refractivity contribution in [1.82, 2.24) is 5.32 Å². The number of ether oxygens (including phenoxy) is 1. The number of amides is 1. The smallest absolute Gasteiger partial charge is 0.258 e. The van der Waals surface area contributed by atoms with Gasteiger partial charge in [-0.25, -0.2) is 0 Å². The molecule has 1 atom stereocenters. The van der Waals surface area contributed by atoms with Crippen LogP contribution in [0.3, 0.4) is 0 Å². The van der Waals surface area contributed by atoms with Crippen LogP contribution in [0.15, 0.2) is 18.2 Å². The van der Waals surface area contributed by atoms with Gasteiger partial charge in [0.2, 0.25) is 0 Å². The minimum atomic E-state index is -0.498. The molecule has 4 nitrogen and oxygen atoms in total. The topological polar surface area (TPSA) is 58.6 Å². The highest BCUT2D eigenvalue weighted by atomic mass is 16.5. The van der Waals surface area contributed by atoms with Crippen LogP contribution in [0.5, 0.6) is 5.75 Å². The number of rotatable bonds is 5. The van der Waals surface area contributed by atoms with Gasteiger partial charge in [-0.15, -0.1) is 0 Å². The van der Waals surface area contributed by atoms with E-state index < -0.39 is 6.10 Å². The lowest BCUT2D eigenvalue weighted by atomic mass is 10.1. The normalized spacial score (nSPS) is 12.3. The average Bonchev–Trinajstić information content (AvgIpc) is 2.26. The van der Waals surface area contributed by atoms with Crippen molar-refractivity contribution < 1.29 is 14.6 Å². The van der Waals surface area contributed by atoms with Crippen molar-refractivity contribution in [3.8, 4) is 5.75 Å². The molecule has 0 aliphatic carbocycles. The molecule has 1 aromatic carbocycles. The molecule has 0 radical (unpaired) electrons. The number of carbonyl (C=O) groups excluding carboxylic acids is 1. The van der Waals surface area contributed by atoms with Crippen LogP contribution in [0.2, 0.25) is 0 Å². The summed E-state index contributed by atoms with van der Waals surface area (Å²) < 4.78 is 5.44. The molecular formula is C14H21NO3. The zero-order valence-electron chi connectivity index (χ0n) is 11.4. The fourth-order valence-corrected chi connectivity index (χ4v) is 1.60. The molecule has 1 aromatic rings. The zero-order valence-corrected chi connectivity index (χ0v) is 11.4. The van der Waals surface area contributed by atoms with Gasteiger partial charge in [0.15, 0.2) is 6.61 Å². The molecule has 0 aromatic heterocycles. The van der Waals surface area contributed by atoms with Gasteiger partial charge in [-0.3, -0.25) is 4.79 Å². The maximum Gasteiger partial charge on any atom is 0.258 e. The van der Waals surface area contributed by atoms with E-state index in [1.54, 1.807) is 19.1 Å². The highest BCUT2D eigenvalue weighted by Crippen LogP contribution is 2.22. The Labute approximate surface area is 108 Å². The van der Waals surface area contributed by atoms with Gasteiger partial charge in [0.25, 0.3) is 5.91 Å². The van der Waals surface area contributed by atoms with E-state index in [9.17, 15) is 9.90 Å². The first-order valence-electron chi connectivity index (χ1n) is 6.11. The van der Waals surface area contributed by atoms with Crippen LogP contribution < -0.4 is 10.1 Å². The molecule has 1 rings (SSSR count). The van der Waals surface area contributed by atoms with Crippen molar-refractivity contribution in [1.29, 1.82) is 0 Å². The molecule has 0 unspecified atom stereocenters. The summed E-state index contributed by atoms with van der Waals surface area (Å²) in [7, 11) is 0. The van der Waals surface area contributed by atoms with Crippen molar-refractivity contribution in [2.45, 2.75) is 39.8 Å². The fraction of sp³-hybridized carbons (Fsp3) is 0.500. The van der Waals surface area contributed by atoms with Crippen LogP contribution in [-0.4, -0.2) is 23.7 Å². The van der Waals surface area contributed by atoms with Crippen LogP contribution in [0.25, 0.3) is 0 Å². The number of aryl methyl sites for hydroxylation is 1. The van der Waals surface area contributed by atoms with Gasteiger partial charge < -0.3 is 15.2 Å². The molecule has 0 bridgehead atoms. The summed E-state index contributed by atoms with van der Waals surface area (Å²) in [4.78, 5) is 11.4. The van der Waals surface area contributed by atoms with Gasteiger partial charge in [-0.1, -0.05) is 6.07 Å². The summed E-state index contributed by atoms with van der Waals surface area (Å²) in [6, 6.07) is 5.55. The minimum Gasteiger partial charge on any atom is -0.484 e. The summed E-state index contributed by atoms with van der Waals surface area (Å²) >= 11 is 0. The lowest BCUT2D eigenvalue weighted by molar-refractivity contribution is -0.123. The Kier molecular flexibility index (Phi) is 5.16. The number of hydrogen-bond acceptors (Lipinski definition) is 3. The Bertz CT molecular complexity index is 414. The second-order valence-electron chi connectivity index (χ2n) is 4.71. The van der Waals surface area contributed by atoms with Gasteiger partial charge in [0.05, 0.1) is 6.10 Å². The third-order valence-corrected chi connectivity index (χ3v) is 2.49. The minimum absolute atomic E-state index is 0.00699. The zero-order chi connectivity index (χ0) is 13.7. The summed E-state index contributed by atoms with van der Waals surface area (Å²) in [6.07, 6.45) is -0.498. The van der Waals surface area contributed by atoms with E-state index in [2.05, 4.69) is 5.32 Å². The van der Waals surface area contributed by atoms with Crippen molar-refractivity contribution in [3.63, 3.8) is 0 Å². The number of hydrogen-bond donors (Lipinski definition) is 2. The van der Waals surface area contributed by atoms with E-state index in [1.165, 1.54) is 0 Å². The Hall–Kier alpha value is -1.55. The van der Waals surface area contributed by atoms with Gasteiger partial charge in [0, 0.05) is 6.04 Å². The molecule has 0 heterocycles. The van der Waals surface area contributed by atoms with E-state index in [4.69, 9.17) is 4.74 Å². The monoisotopic (exact) mass is 251 g/mol. The molecule has 0 saturated heterocycles. The van der Waals surface area contributed by atoms with Gasteiger partial charge in [-0.2, -0.15) is 0 Å². The molecule has 1 amide bonds. The first kappa shape index (κ1) is 14.5. The molecular weight excluding hydrogens is 230 g/mol. The molecule has 100 valence electrons. The SMILES string of the molecule is Cc1cc([C@H](C)O)ccc1OCC(=O)NC(C)C. The number of aliphatic hydroxyl groups is 1. The summed E-state index contributed by atoms with van der Waals surface area (Å²) in [5.74, 6) is 0.530. The molecule has 0 fully saturated rings. The maximum absolute atomic E-state index is 11.4. The van der Waals surface area contributed by atoms with E-state index in [0.29, 0.717) is 5.75 Å². The van der Waals surface area contributed by atoms with Crippen LogP contribution in [0, 0.1) is 6.92 Å². The largest absolute Gasteiger partial charge is 0.484 e. The fourth-order valence-electron chi connectivity index (χ4n) is 1.60. The van der Waals surface area contributed by atoms with Crippen LogP contribution in [0.1, 0.15) is 38.0 Å². The van der Waals surface area contributed by atoms with E-state index >= 15 is 0 Å². The predicted octanol–water partition coefficient (Wildman–Crippen LogP) is 1.95. The summed E-state index contributed by atoms with van der Waals surface area (Å²) in [5, 5.41) is 12.2. The highest BCUT2D eigenvalue weighted by molar-refractivity contribution is 5.77. The maximum atomic E-state index is 11.4. The third-order valence-electron chi connectivity index (χ3n) is 2.49. The van der Waals surface area contributed by atoms with E-state index in [-0.39, 0.29) is 18.6 Å². The first-order chi connectivity index (χ1) is 8.40. The molecule has 0 saturated carbocycles. The molecule has 2 N–H and O–H groups in total. The number of benzene rings is 1. The molecule has 4 heteroatoms.